The number of fused-ring (bicyclic) bond motifs is 2. The molecule has 3 aromatic rings. The van der Waals surface area contributed by atoms with E-state index in [1.165, 1.54) is 6.07 Å². The van der Waals surface area contributed by atoms with Crippen molar-refractivity contribution in [2.75, 3.05) is 0 Å². The molecule has 0 radical (unpaired) electrons. The summed E-state index contributed by atoms with van der Waals surface area (Å²) in [6.45, 7) is 0. The number of nitrogens with one attached hydrogen (secondary N) is 1. The van der Waals surface area contributed by atoms with Crippen LogP contribution in [0.5, 0.6) is 0 Å². The van der Waals surface area contributed by atoms with E-state index in [-0.39, 0.29) is 11.7 Å². The van der Waals surface area contributed by atoms with E-state index in [0.29, 0.717) is 12.0 Å². The topological polar surface area (TPSA) is 29.1 Å². The zero-order valence-corrected chi connectivity index (χ0v) is 13.7. The van der Waals surface area contributed by atoms with Crippen molar-refractivity contribution in [3.8, 4) is 0 Å². The molecular weight excluding hydrogens is 357 g/mol. The molecule has 114 valence electrons. The highest BCUT2D eigenvalue weighted by atomic mass is 79.9. The van der Waals surface area contributed by atoms with Gasteiger partial charge in [0.15, 0.2) is 0 Å². The number of hydrogen-bond acceptors (Lipinski definition) is 1. The van der Waals surface area contributed by atoms with E-state index in [2.05, 4.69) is 21.2 Å². The predicted octanol–water partition coefficient (Wildman–Crippen LogP) is 4.50. The molecule has 1 aliphatic rings. The molecule has 0 saturated carbocycles. The fourth-order valence-corrected chi connectivity index (χ4v) is 3.94. The maximum atomic E-state index is 14.2. The predicted molar refractivity (Wildman–Crippen MR) is 91.7 cm³/mol. The average Bonchev–Trinajstić information content (AvgIpc) is 2.56. The van der Waals surface area contributed by atoms with Gasteiger partial charge in [-0.25, -0.2) is 4.39 Å². The summed E-state index contributed by atoms with van der Waals surface area (Å²) in [6, 6.07) is 16.1. The van der Waals surface area contributed by atoms with Crippen LogP contribution in [0.4, 0.5) is 4.39 Å². The Kier molecular flexibility index (Phi) is 3.42. The Labute approximate surface area is 141 Å². The van der Waals surface area contributed by atoms with E-state index < -0.39 is 6.04 Å². The van der Waals surface area contributed by atoms with Crippen molar-refractivity contribution in [1.82, 2.24) is 5.32 Å². The van der Waals surface area contributed by atoms with Crippen LogP contribution >= 0.6 is 15.9 Å². The van der Waals surface area contributed by atoms with Gasteiger partial charge in [0.1, 0.15) is 5.82 Å². The number of benzene rings is 3. The van der Waals surface area contributed by atoms with E-state index in [1.807, 2.05) is 30.3 Å². The number of amides is 1. The first-order chi connectivity index (χ1) is 11.1. The molecule has 0 aromatic heterocycles. The molecule has 1 amide bonds. The normalized spacial score (nSPS) is 17.0. The molecule has 1 unspecified atom stereocenters. The van der Waals surface area contributed by atoms with Crippen molar-refractivity contribution in [2.24, 2.45) is 0 Å². The van der Waals surface area contributed by atoms with Gasteiger partial charge in [-0.05, 0) is 50.0 Å². The lowest BCUT2D eigenvalue weighted by molar-refractivity contribution is -0.121. The highest BCUT2D eigenvalue weighted by molar-refractivity contribution is 9.10. The van der Waals surface area contributed by atoms with Crippen LogP contribution in [0.25, 0.3) is 10.8 Å². The van der Waals surface area contributed by atoms with Crippen LogP contribution in [-0.2, 0) is 11.2 Å². The minimum absolute atomic E-state index is 0.0956. The Morgan fingerprint density at radius 2 is 1.78 bits per heavy atom. The zero-order chi connectivity index (χ0) is 16.0. The van der Waals surface area contributed by atoms with Gasteiger partial charge in [0.05, 0.1) is 12.5 Å². The molecule has 1 atom stereocenters. The molecule has 4 rings (SSSR count). The van der Waals surface area contributed by atoms with Crippen molar-refractivity contribution in [3.63, 3.8) is 0 Å². The van der Waals surface area contributed by atoms with Gasteiger partial charge >= 0.3 is 0 Å². The second kappa shape index (κ2) is 5.46. The van der Waals surface area contributed by atoms with E-state index in [9.17, 15) is 9.18 Å². The molecule has 1 aliphatic heterocycles. The molecule has 0 saturated heterocycles. The summed E-state index contributed by atoms with van der Waals surface area (Å²) < 4.78 is 15.2. The van der Waals surface area contributed by atoms with E-state index in [1.54, 1.807) is 18.2 Å². The summed E-state index contributed by atoms with van der Waals surface area (Å²) in [5.41, 5.74) is 2.37. The van der Waals surface area contributed by atoms with Gasteiger partial charge in [0, 0.05) is 10.0 Å². The van der Waals surface area contributed by atoms with Crippen LogP contribution in [0.2, 0.25) is 0 Å². The van der Waals surface area contributed by atoms with Gasteiger partial charge < -0.3 is 5.32 Å². The van der Waals surface area contributed by atoms with Gasteiger partial charge in [-0.3, -0.25) is 4.79 Å². The number of carbonyl (C=O) groups excluding carboxylic acids is 1. The first-order valence-electron chi connectivity index (χ1n) is 7.39. The second-order valence-corrected chi connectivity index (χ2v) is 6.47. The number of halogens is 2. The van der Waals surface area contributed by atoms with Crippen LogP contribution in [0.3, 0.4) is 0 Å². The Hall–Kier alpha value is -2.20. The molecule has 0 aliphatic carbocycles. The minimum Gasteiger partial charge on any atom is -0.345 e. The lowest BCUT2D eigenvalue weighted by Crippen LogP contribution is -2.36. The Morgan fingerprint density at radius 3 is 2.61 bits per heavy atom. The van der Waals surface area contributed by atoms with Crippen molar-refractivity contribution in [1.29, 1.82) is 0 Å². The Morgan fingerprint density at radius 1 is 1.04 bits per heavy atom. The van der Waals surface area contributed by atoms with Gasteiger partial charge in [-0.2, -0.15) is 0 Å². The maximum Gasteiger partial charge on any atom is 0.225 e. The lowest BCUT2D eigenvalue weighted by atomic mass is 9.87. The van der Waals surface area contributed by atoms with Crippen molar-refractivity contribution < 1.29 is 9.18 Å². The Balaban J connectivity index is 2.00. The third-order valence-electron chi connectivity index (χ3n) is 4.29. The minimum atomic E-state index is -0.464. The smallest absolute Gasteiger partial charge is 0.225 e. The van der Waals surface area contributed by atoms with Crippen LogP contribution in [0.15, 0.2) is 59.1 Å². The van der Waals surface area contributed by atoms with Crippen molar-refractivity contribution >= 4 is 32.6 Å². The SMILES string of the molecule is O=C1Cc2c(cc3ccccc3c2Br)C(c2ccccc2F)N1. The fraction of sp³-hybridized carbons (Fsp3) is 0.105. The summed E-state index contributed by atoms with van der Waals surface area (Å²) in [5.74, 6) is -0.406. The number of hydrogen-bond donors (Lipinski definition) is 1. The quantitative estimate of drug-likeness (QED) is 0.671. The monoisotopic (exact) mass is 369 g/mol. The Bertz CT molecular complexity index is 938. The summed E-state index contributed by atoms with van der Waals surface area (Å²) >= 11 is 3.64. The lowest BCUT2D eigenvalue weighted by Gasteiger charge is -2.29. The van der Waals surface area contributed by atoms with Gasteiger partial charge in [0.2, 0.25) is 5.91 Å². The second-order valence-electron chi connectivity index (χ2n) is 5.68. The summed E-state index contributed by atoms with van der Waals surface area (Å²) in [6.07, 6.45) is 0.297. The molecule has 1 heterocycles. The average molecular weight is 370 g/mol. The van der Waals surface area contributed by atoms with E-state index in [0.717, 1.165) is 26.4 Å². The summed E-state index contributed by atoms with van der Waals surface area (Å²) in [4.78, 5) is 12.2. The third kappa shape index (κ3) is 2.34. The van der Waals surface area contributed by atoms with Gasteiger partial charge in [-0.15, -0.1) is 0 Å². The molecule has 0 spiro atoms. The molecule has 0 bridgehead atoms. The molecule has 0 fully saturated rings. The van der Waals surface area contributed by atoms with Crippen LogP contribution in [0, 0.1) is 5.82 Å². The molecule has 1 N–H and O–H groups in total. The fourth-order valence-electron chi connectivity index (χ4n) is 3.21. The third-order valence-corrected chi connectivity index (χ3v) is 5.20. The number of rotatable bonds is 1. The maximum absolute atomic E-state index is 14.2. The van der Waals surface area contributed by atoms with Gasteiger partial charge in [-0.1, -0.05) is 42.5 Å². The van der Waals surface area contributed by atoms with Crippen LogP contribution < -0.4 is 5.32 Å². The first kappa shape index (κ1) is 14.4. The van der Waals surface area contributed by atoms with Crippen LogP contribution in [0.1, 0.15) is 22.7 Å². The van der Waals surface area contributed by atoms with Crippen LogP contribution in [-0.4, -0.2) is 5.91 Å². The number of carbonyl (C=O) groups is 1. The van der Waals surface area contributed by atoms with Crippen molar-refractivity contribution in [3.05, 3.63) is 81.6 Å². The highest BCUT2D eigenvalue weighted by Gasteiger charge is 2.29. The van der Waals surface area contributed by atoms with Gasteiger partial charge in [0.25, 0.3) is 0 Å². The van der Waals surface area contributed by atoms with E-state index >= 15 is 0 Å². The molecule has 2 nitrogen and oxygen atoms in total. The molecule has 4 heteroatoms. The summed E-state index contributed by atoms with van der Waals surface area (Å²) in [5, 5.41) is 5.05. The largest absolute Gasteiger partial charge is 0.345 e. The molecular formula is C19H13BrFNO. The molecule has 23 heavy (non-hydrogen) atoms. The standard InChI is InChI=1S/C19H13BrFNO/c20-18-12-6-2-1-5-11(12)9-15-14(18)10-17(23)22-19(15)13-7-3-4-8-16(13)21/h1-9,19H,10H2,(H,22,23). The first-order valence-corrected chi connectivity index (χ1v) is 8.18. The van der Waals surface area contributed by atoms with Crippen molar-refractivity contribution in [2.45, 2.75) is 12.5 Å². The highest BCUT2D eigenvalue weighted by Crippen LogP contribution is 2.38. The molecule has 3 aromatic carbocycles. The summed E-state index contributed by atoms with van der Waals surface area (Å²) in [7, 11) is 0. The van der Waals surface area contributed by atoms with E-state index in [4.69, 9.17) is 0 Å². The zero-order valence-electron chi connectivity index (χ0n) is 12.1.